The van der Waals surface area contributed by atoms with Gasteiger partial charge in [0.15, 0.2) is 0 Å². The average Bonchev–Trinajstić information content (AvgIpc) is 2.36. The summed E-state index contributed by atoms with van der Waals surface area (Å²) >= 11 is 3.43. The van der Waals surface area contributed by atoms with Crippen LogP contribution in [0, 0.1) is 0 Å². The van der Waals surface area contributed by atoms with E-state index in [1.54, 1.807) is 0 Å². The van der Waals surface area contributed by atoms with Gasteiger partial charge >= 0.3 is 0 Å². The van der Waals surface area contributed by atoms with Crippen molar-refractivity contribution in [3.05, 3.63) is 29.0 Å². The number of halogens is 1. The maximum atomic E-state index is 9.20. The maximum absolute atomic E-state index is 9.20. The summed E-state index contributed by atoms with van der Waals surface area (Å²) in [6, 6.07) is 5.88. The Bertz CT molecular complexity index is 514. The standard InChI is InChI=1S/C12H14BrN3O/c1-2-9(6-17)16-12-10-5-8(13)3-4-11(10)14-7-15-12/h3-5,7,9,17H,2,6H2,1H3,(H,14,15,16). The third kappa shape index (κ3) is 2.73. The van der Waals surface area contributed by atoms with Gasteiger partial charge in [0.1, 0.15) is 12.1 Å². The van der Waals surface area contributed by atoms with Gasteiger partial charge < -0.3 is 10.4 Å². The number of fused-ring (bicyclic) bond motifs is 1. The molecule has 1 heterocycles. The third-order valence-electron chi connectivity index (χ3n) is 2.65. The molecule has 1 aromatic carbocycles. The summed E-state index contributed by atoms with van der Waals surface area (Å²) < 4.78 is 0.986. The molecular weight excluding hydrogens is 282 g/mol. The van der Waals surface area contributed by atoms with Crippen molar-refractivity contribution in [3.63, 3.8) is 0 Å². The molecule has 4 nitrogen and oxygen atoms in total. The summed E-state index contributed by atoms with van der Waals surface area (Å²) in [6.45, 7) is 2.11. The van der Waals surface area contributed by atoms with Crippen LogP contribution in [-0.2, 0) is 0 Å². The molecule has 0 aliphatic carbocycles. The summed E-state index contributed by atoms with van der Waals surface area (Å²) in [5.41, 5.74) is 0.887. The molecule has 5 heteroatoms. The smallest absolute Gasteiger partial charge is 0.137 e. The molecule has 0 amide bonds. The van der Waals surface area contributed by atoms with Crippen LogP contribution in [0.4, 0.5) is 5.82 Å². The minimum absolute atomic E-state index is 0.0204. The fourth-order valence-corrected chi connectivity index (χ4v) is 1.98. The van der Waals surface area contributed by atoms with E-state index in [1.165, 1.54) is 6.33 Å². The van der Waals surface area contributed by atoms with Gasteiger partial charge in [0.2, 0.25) is 0 Å². The molecule has 0 radical (unpaired) electrons. The number of hydrogen-bond acceptors (Lipinski definition) is 4. The van der Waals surface area contributed by atoms with Crippen molar-refractivity contribution >= 4 is 32.7 Å². The fraction of sp³-hybridized carbons (Fsp3) is 0.333. The van der Waals surface area contributed by atoms with Gasteiger partial charge in [-0.1, -0.05) is 22.9 Å². The van der Waals surface area contributed by atoms with Gasteiger partial charge in [0.05, 0.1) is 18.2 Å². The van der Waals surface area contributed by atoms with E-state index in [1.807, 2.05) is 25.1 Å². The van der Waals surface area contributed by atoms with Crippen LogP contribution < -0.4 is 5.32 Å². The summed E-state index contributed by atoms with van der Waals surface area (Å²) in [4.78, 5) is 8.44. The van der Waals surface area contributed by atoms with Gasteiger partial charge in [0, 0.05) is 9.86 Å². The van der Waals surface area contributed by atoms with Crippen LogP contribution in [0.15, 0.2) is 29.0 Å². The first-order valence-corrected chi connectivity index (χ1v) is 6.31. The molecule has 2 N–H and O–H groups in total. The maximum Gasteiger partial charge on any atom is 0.137 e. The van der Waals surface area contributed by atoms with E-state index in [-0.39, 0.29) is 12.6 Å². The van der Waals surface area contributed by atoms with Crippen molar-refractivity contribution in [1.29, 1.82) is 0 Å². The van der Waals surface area contributed by atoms with E-state index in [9.17, 15) is 5.11 Å². The SMILES string of the molecule is CCC(CO)Nc1ncnc2ccc(Br)cc12. The molecule has 0 aliphatic heterocycles. The van der Waals surface area contributed by atoms with Crippen LogP contribution in [0.5, 0.6) is 0 Å². The number of nitrogens with zero attached hydrogens (tertiary/aromatic N) is 2. The van der Waals surface area contributed by atoms with Crippen LogP contribution in [0.25, 0.3) is 10.9 Å². The lowest BCUT2D eigenvalue weighted by Crippen LogP contribution is -2.23. The molecule has 1 unspecified atom stereocenters. The van der Waals surface area contributed by atoms with Gasteiger partial charge in [-0.05, 0) is 24.6 Å². The highest BCUT2D eigenvalue weighted by Gasteiger charge is 2.09. The van der Waals surface area contributed by atoms with Crippen molar-refractivity contribution in [1.82, 2.24) is 9.97 Å². The number of aromatic nitrogens is 2. The van der Waals surface area contributed by atoms with Crippen LogP contribution in [0.1, 0.15) is 13.3 Å². The van der Waals surface area contributed by atoms with Gasteiger partial charge in [0.25, 0.3) is 0 Å². The number of aliphatic hydroxyl groups excluding tert-OH is 1. The van der Waals surface area contributed by atoms with Crippen molar-refractivity contribution in [2.24, 2.45) is 0 Å². The van der Waals surface area contributed by atoms with Gasteiger partial charge in [-0.15, -0.1) is 0 Å². The number of hydrogen-bond donors (Lipinski definition) is 2. The topological polar surface area (TPSA) is 58.0 Å². The Balaban J connectivity index is 2.42. The predicted octanol–water partition coefficient (Wildman–Crippen LogP) is 2.58. The van der Waals surface area contributed by atoms with Gasteiger partial charge in [-0.25, -0.2) is 9.97 Å². The normalized spacial score (nSPS) is 12.6. The monoisotopic (exact) mass is 295 g/mol. The first kappa shape index (κ1) is 12.3. The van der Waals surface area contributed by atoms with Crippen molar-refractivity contribution in [2.45, 2.75) is 19.4 Å². The Kier molecular flexibility index (Phi) is 3.91. The second kappa shape index (κ2) is 5.42. The zero-order valence-electron chi connectivity index (χ0n) is 9.52. The lowest BCUT2D eigenvalue weighted by atomic mass is 10.2. The predicted molar refractivity (Wildman–Crippen MR) is 72.0 cm³/mol. The fourth-order valence-electron chi connectivity index (χ4n) is 1.61. The van der Waals surface area contributed by atoms with Crippen LogP contribution in [0.2, 0.25) is 0 Å². The minimum Gasteiger partial charge on any atom is -0.394 e. The molecule has 1 aromatic heterocycles. The second-order valence-electron chi connectivity index (χ2n) is 3.82. The highest BCUT2D eigenvalue weighted by atomic mass is 79.9. The number of nitrogens with one attached hydrogen (secondary N) is 1. The first-order valence-electron chi connectivity index (χ1n) is 5.52. The first-order chi connectivity index (χ1) is 8.24. The van der Waals surface area contributed by atoms with Crippen LogP contribution in [0.3, 0.4) is 0 Å². The lowest BCUT2D eigenvalue weighted by Gasteiger charge is -2.15. The zero-order chi connectivity index (χ0) is 12.3. The molecule has 0 spiro atoms. The Morgan fingerprint density at radius 3 is 2.94 bits per heavy atom. The van der Waals surface area contributed by atoms with Crippen molar-refractivity contribution in [3.8, 4) is 0 Å². The average molecular weight is 296 g/mol. The molecule has 17 heavy (non-hydrogen) atoms. The molecule has 2 aromatic rings. The molecule has 0 aliphatic rings. The quantitative estimate of drug-likeness (QED) is 0.910. The van der Waals surface area contributed by atoms with E-state index in [2.05, 4.69) is 31.2 Å². The highest BCUT2D eigenvalue weighted by Crippen LogP contribution is 2.23. The molecule has 0 saturated heterocycles. The van der Waals surface area contributed by atoms with E-state index in [4.69, 9.17) is 0 Å². The number of aliphatic hydroxyl groups is 1. The Hall–Kier alpha value is -1.20. The minimum atomic E-state index is 0.0204. The summed E-state index contributed by atoms with van der Waals surface area (Å²) in [5.74, 6) is 0.761. The summed E-state index contributed by atoms with van der Waals surface area (Å²) in [6.07, 6.45) is 2.37. The van der Waals surface area contributed by atoms with Crippen LogP contribution in [-0.4, -0.2) is 27.7 Å². The molecule has 1 atom stereocenters. The van der Waals surface area contributed by atoms with E-state index in [0.29, 0.717) is 0 Å². The molecule has 0 saturated carbocycles. The summed E-state index contributed by atoms with van der Waals surface area (Å²) in [5, 5.41) is 13.4. The highest BCUT2D eigenvalue weighted by molar-refractivity contribution is 9.10. The Labute approximate surface area is 108 Å². The zero-order valence-corrected chi connectivity index (χ0v) is 11.1. The molecule has 2 rings (SSSR count). The second-order valence-corrected chi connectivity index (χ2v) is 4.73. The Morgan fingerprint density at radius 2 is 2.24 bits per heavy atom. The molecular formula is C12H14BrN3O. The molecule has 0 bridgehead atoms. The van der Waals surface area contributed by atoms with E-state index in [0.717, 1.165) is 27.6 Å². The van der Waals surface area contributed by atoms with Crippen molar-refractivity contribution < 1.29 is 5.11 Å². The van der Waals surface area contributed by atoms with E-state index >= 15 is 0 Å². The van der Waals surface area contributed by atoms with Gasteiger partial charge in [-0.3, -0.25) is 0 Å². The number of anilines is 1. The van der Waals surface area contributed by atoms with Gasteiger partial charge in [-0.2, -0.15) is 0 Å². The third-order valence-corrected chi connectivity index (χ3v) is 3.14. The summed E-state index contributed by atoms with van der Waals surface area (Å²) in [7, 11) is 0. The number of benzene rings is 1. The van der Waals surface area contributed by atoms with Crippen molar-refractivity contribution in [2.75, 3.05) is 11.9 Å². The van der Waals surface area contributed by atoms with E-state index < -0.39 is 0 Å². The Morgan fingerprint density at radius 1 is 1.41 bits per heavy atom. The largest absolute Gasteiger partial charge is 0.394 e. The lowest BCUT2D eigenvalue weighted by molar-refractivity contribution is 0.271. The molecule has 0 fully saturated rings. The molecule has 90 valence electrons. The number of rotatable bonds is 4. The van der Waals surface area contributed by atoms with Crippen LogP contribution >= 0.6 is 15.9 Å².